The quantitative estimate of drug-likeness (QED) is 0.691. The maximum atomic E-state index is 12.1. The molecule has 1 aliphatic heterocycles. The predicted octanol–water partition coefficient (Wildman–Crippen LogP) is 2.18. The third-order valence-electron chi connectivity index (χ3n) is 4.73. The number of benzene rings is 1. The standard InChI is InChI=1S/C19H24N4O4/c1-2-23-16(7-9-22-23)17-15(8-10-27-17)12-21-19(26)20-11-13-3-5-14(6-4-13)18(24)25/h3-7,9,15,17H,2,8,10-12H2,1H3,(H,24,25)(H2,20,21,26)/t15-,17+/m0/s1. The Labute approximate surface area is 157 Å². The number of carbonyl (C=O) groups is 2. The van der Waals surface area contributed by atoms with Gasteiger partial charge in [0.1, 0.15) is 6.10 Å². The number of hydrogen-bond donors (Lipinski definition) is 3. The summed E-state index contributed by atoms with van der Waals surface area (Å²) >= 11 is 0. The molecule has 0 spiro atoms. The second kappa shape index (κ2) is 8.68. The monoisotopic (exact) mass is 372 g/mol. The van der Waals surface area contributed by atoms with Crippen molar-refractivity contribution in [3.8, 4) is 0 Å². The van der Waals surface area contributed by atoms with Crippen molar-refractivity contribution in [1.29, 1.82) is 0 Å². The number of aryl methyl sites for hydroxylation is 1. The Balaban J connectivity index is 1.47. The van der Waals surface area contributed by atoms with Crippen LogP contribution >= 0.6 is 0 Å². The van der Waals surface area contributed by atoms with Crippen LogP contribution in [-0.2, 0) is 17.8 Å². The lowest BCUT2D eigenvalue weighted by atomic mass is 9.99. The predicted molar refractivity (Wildman–Crippen MR) is 98.3 cm³/mol. The van der Waals surface area contributed by atoms with Gasteiger partial charge in [-0.1, -0.05) is 12.1 Å². The van der Waals surface area contributed by atoms with Crippen molar-refractivity contribution in [2.45, 2.75) is 32.5 Å². The topological polar surface area (TPSA) is 105 Å². The molecule has 27 heavy (non-hydrogen) atoms. The van der Waals surface area contributed by atoms with Crippen LogP contribution in [0.2, 0.25) is 0 Å². The third kappa shape index (κ3) is 4.65. The van der Waals surface area contributed by atoms with E-state index in [1.165, 1.54) is 12.1 Å². The number of ether oxygens (including phenoxy) is 1. The molecule has 1 aromatic heterocycles. The highest BCUT2D eigenvalue weighted by Gasteiger charge is 2.32. The second-order valence-electron chi connectivity index (χ2n) is 6.48. The first-order valence-electron chi connectivity index (χ1n) is 9.05. The minimum atomic E-state index is -0.968. The Bertz CT molecular complexity index is 787. The summed E-state index contributed by atoms with van der Waals surface area (Å²) < 4.78 is 7.78. The molecule has 8 heteroatoms. The number of aromatic nitrogens is 2. The van der Waals surface area contributed by atoms with E-state index in [0.29, 0.717) is 19.7 Å². The molecule has 3 N–H and O–H groups in total. The van der Waals surface area contributed by atoms with Gasteiger partial charge in [-0.25, -0.2) is 9.59 Å². The molecule has 8 nitrogen and oxygen atoms in total. The number of nitrogens with one attached hydrogen (secondary N) is 2. The molecule has 1 fully saturated rings. The summed E-state index contributed by atoms with van der Waals surface area (Å²) in [5.41, 5.74) is 2.10. The van der Waals surface area contributed by atoms with Gasteiger partial charge in [0.15, 0.2) is 0 Å². The SMILES string of the molecule is CCn1nccc1[C@@H]1OCC[C@H]1CNC(=O)NCc1ccc(C(=O)O)cc1. The van der Waals surface area contributed by atoms with Crippen LogP contribution in [0.15, 0.2) is 36.5 Å². The number of nitrogens with zero attached hydrogens (tertiary/aromatic N) is 2. The van der Waals surface area contributed by atoms with Crippen molar-refractivity contribution >= 4 is 12.0 Å². The maximum absolute atomic E-state index is 12.1. The lowest BCUT2D eigenvalue weighted by Gasteiger charge is -2.20. The molecule has 0 unspecified atom stereocenters. The van der Waals surface area contributed by atoms with Crippen LogP contribution in [-0.4, -0.2) is 40.0 Å². The van der Waals surface area contributed by atoms with Gasteiger partial charge in [-0.05, 0) is 37.1 Å². The van der Waals surface area contributed by atoms with Gasteiger partial charge in [-0.3, -0.25) is 4.68 Å². The van der Waals surface area contributed by atoms with Crippen molar-refractivity contribution in [1.82, 2.24) is 20.4 Å². The Morgan fingerprint density at radius 1 is 1.26 bits per heavy atom. The highest BCUT2D eigenvalue weighted by molar-refractivity contribution is 5.87. The maximum Gasteiger partial charge on any atom is 0.335 e. The van der Waals surface area contributed by atoms with Gasteiger partial charge in [0.2, 0.25) is 0 Å². The molecule has 0 bridgehead atoms. The molecule has 0 radical (unpaired) electrons. The van der Waals surface area contributed by atoms with E-state index in [1.54, 1.807) is 18.3 Å². The van der Waals surface area contributed by atoms with Crippen molar-refractivity contribution in [2.75, 3.05) is 13.2 Å². The van der Waals surface area contributed by atoms with E-state index in [2.05, 4.69) is 15.7 Å². The van der Waals surface area contributed by atoms with E-state index in [-0.39, 0.29) is 23.6 Å². The van der Waals surface area contributed by atoms with Crippen molar-refractivity contribution in [3.05, 3.63) is 53.3 Å². The Hall–Kier alpha value is -2.87. The van der Waals surface area contributed by atoms with Crippen LogP contribution in [0.5, 0.6) is 0 Å². The average Bonchev–Trinajstić information content (AvgIpc) is 3.33. The molecule has 2 amide bonds. The number of urea groups is 1. The van der Waals surface area contributed by atoms with Crippen LogP contribution in [0.1, 0.15) is 41.1 Å². The number of carboxylic acid groups (broad SMARTS) is 1. The molecule has 2 heterocycles. The van der Waals surface area contributed by atoms with E-state index in [1.807, 2.05) is 17.7 Å². The second-order valence-corrected chi connectivity index (χ2v) is 6.48. The van der Waals surface area contributed by atoms with Crippen LogP contribution in [0.25, 0.3) is 0 Å². The van der Waals surface area contributed by atoms with E-state index in [9.17, 15) is 9.59 Å². The number of carbonyl (C=O) groups excluding carboxylic acids is 1. The molecular weight excluding hydrogens is 348 g/mol. The first kappa shape index (κ1) is 18.9. The lowest BCUT2D eigenvalue weighted by molar-refractivity contribution is 0.0696. The normalized spacial score (nSPS) is 19.0. The van der Waals surface area contributed by atoms with Crippen molar-refractivity contribution in [2.24, 2.45) is 5.92 Å². The largest absolute Gasteiger partial charge is 0.478 e. The first-order valence-corrected chi connectivity index (χ1v) is 9.05. The summed E-state index contributed by atoms with van der Waals surface area (Å²) in [4.78, 5) is 22.9. The van der Waals surface area contributed by atoms with Gasteiger partial charge in [0.05, 0.1) is 11.3 Å². The van der Waals surface area contributed by atoms with Gasteiger partial charge < -0.3 is 20.5 Å². The van der Waals surface area contributed by atoms with Crippen LogP contribution in [0, 0.1) is 5.92 Å². The zero-order valence-electron chi connectivity index (χ0n) is 15.2. The van der Waals surface area contributed by atoms with Crippen molar-refractivity contribution < 1.29 is 19.4 Å². The fraction of sp³-hybridized carbons (Fsp3) is 0.421. The summed E-state index contributed by atoms with van der Waals surface area (Å²) in [7, 11) is 0. The molecule has 0 saturated carbocycles. The van der Waals surface area contributed by atoms with E-state index in [4.69, 9.17) is 9.84 Å². The zero-order chi connectivity index (χ0) is 19.2. The first-order chi connectivity index (χ1) is 13.1. The van der Waals surface area contributed by atoms with Crippen LogP contribution in [0.3, 0.4) is 0 Å². The molecule has 1 aliphatic rings. The van der Waals surface area contributed by atoms with Gasteiger partial charge >= 0.3 is 12.0 Å². The molecule has 144 valence electrons. The Kier molecular flexibility index (Phi) is 6.08. The molecule has 0 aliphatic carbocycles. The molecule has 1 aromatic carbocycles. The highest BCUT2D eigenvalue weighted by atomic mass is 16.5. The summed E-state index contributed by atoms with van der Waals surface area (Å²) in [5, 5.41) is 18.9. The molecular formula is C19H24N4O4. The zero-order valence-corrected chi connectivity index (χ0v) is 15.2. The number of hydrogen-bond acceptors (Lipinski definition) is 4. The summed E-state index contributed by atoms with van der Waals surface area (Å²) in [5.74, 6) is -0.766. The van der Waals surface area contributed by atoms with Gasteiger partial charge in [-0.2, -0.15) is 5.10 Å². The van der Waals surface area contributed by atoms with E-state index in [0.717, 1.165) is 24.2 Å². The molecule has 3 rings (SSSR count). The summed E-state index contributed by atoms with van der Waals surface area (Å²) in [6.45, 7) is 4.34. The smallest absolute Gasteiger partial charge is 0.335 e. The number of carboxylic acids is 1. The van der Waals surface area contributed by atoms with Crippen LogP contribution in [0.4, 0.5) is 4.79 Å². The van der Waals surface area contributed by atoms with Crippen molar-refractivity contribution in [3.63, 3.8) is 0 Å². The number of amides is 2. The minimum Gasteiger partial charge on any atom is -0.478 e. The molecule has 1 saturated heterocycles. The lowest BCUT2D eigenvalue weighted by Crippen LogP contribution is -2.38. The van der Waals surface area contributed by atoms with Gasteiger partial charge in [0.25, 0.3) is 0 Å². The molecule has 2 atom stereocenters. The minimum absolute atomic E-state index is 0.0590. The molecule has 2 aromatic rings. The average molecular weight is 372 g/mol. The van der Waals surface area contributed by atoms with Gasteiger partial charge in [0, 0.05) is 38.4 Å². The van der Waals surface area contributed by atoms with Gasteiger partial charge in [-0.15, -0.1) is 0 Å². The number of aromatic carboxylic acids is 1. The highest BCUT2D eigenvalue weighted by Crippen LogP contribution is 2.33. The summed E-state index contributed by atoms with van der Waals surface area (Å²) in [6.07, 6.45) is 2.60. The Morgan fingerprint density at radius 2 is 2.04 bits per heavy atom. The number of rotatable bonds is 7. The van der Waals surface area contributed by atoms with Crippen LogP contribution < -0.4 is 10.6 Å². The van der Waals surface area contributed by atoms with E-state index >= 15 is 0 Å². The van der Waals surface area contributed by atoms with E-state index < -0.39 is 5.97 Å². The fourth-order valence-corrected chi connectivity index (χ4v) is 3.25. The summed E-state index contributed by atoms with van der Waals surface area (Å²) in [6, 6.07) is 8.13. The third-order valence-corrected chi connectivity index (χ3v) is 4.73. The fourth-order valence-electron chi connectivity index (χ4n) is 3.25. The Morgan fingerprint density at radius 3 is 2.74 bits per heavy atom.